The quantitative estimate of drug-likeness (QED) is 0.805. The van der Waals surface area contributed by atoms with E-state index in [0.717, 1.165) is 18.4 Å². The Morgan fingerprint density at radius 1 is 1.40 bits per heavy atom. The lowest BCUT2D eigenvalue weighted by Gasteiger charge is -2.01. The standard InChI is InChI=1S/C11H13NO2.ClH/c12-6-7-3-8-1-2-9(11(13)14)5-10(8)4-7;/h1-2,5,7H,3-4,6,12H2,(H,13,14);1H. The molecule has 0 bridgehead atoms. The van der Waals surface area contributed by atoms with Gasteiger partial charge in [0.25, 0.3) is 0 Å². The number of carboxylic acids is 1. The van der Waals surface area contributed by atoms with Crippen molar-refractivity contribution in [1.29, 1.82) is 0 Å². The van der Waals surface area contributed by atoms with Crippen molar-refractivity contribution >= 4 is 18.4 Å². The van der Waals surface area contributed by atoms with Gasteiger partial charge in [-0.3, -0.25) is 0 Å². The van der Waals surface area contributed by atoms with Crippen molar-refractivity contribution < 1.29 is 9.90 Å². The van der Waals surface area contributed by atoms with Crippen molar-refractivity contribution in [1.82, 2.24) is 0 Å². The number of nitrogens with two attached hydrogens (primary N) is 1. The normalized spacial score (nSPS) is 18.1. The summed E-state index contributed by atoms with van der Waals surface area (Å²) >= 11 is 0. The molecule has 0 saturated carbocycles. The van der Waals surface area contributed by atoms with Crippen LogP contribution >= 0.6 is 12.4 Å². The molecular formula is C11H14ClNO2. The summed E-state index contributed by atoms with van der Waals surface area (Å²) in [4.78, 5) is 10.7. The van der Waals surface area contributed by atoms with Crippen LogP contribution in [0.4, 0.5) is 0 Å². The first-order valence-electron chi connectivity index (χ1n) is 4.76. The third kappa shape index (κ3) is 2.30. The number of halogens is 1. The summed E-state index contributed by atoms with van der Waals surface area (Å²) in [5, 5.41) is 8.81. The molecule has 15 heavy (non-hydrogen) atoms. The summed E-state index contributed by atoms with van der Waals surface area (Å²) in [6.45, 7) is 0.678. The SMILES string of the molecule is Cl.NCC1Cc2ccc(C(=O)O)cc2C1. The highest BCUT2D eigenvalue weighted by atomic mass is 35.5. The minimum Gasteiger partial charge on any atom is -0.478 e. The second kappa shape index (κ2) is 4.64. The fourth-order valence-corrected chi connectivity index (χ4v) is 2.01. The van der Waals surface area contributed by atoms with Crippen LogP contribution < -0.4 is 5.73 Å². The number of rotatable bonds is 2. The van der Waals surface area contributed by atoms with E-state index in [1.54, 1.807) is 12.1 Å². The molecule has 3 N–H and O–H groups in total. The first-order chi connectivity index (χ1) is 6.70. The van der Waals surface area contributed by atoms with E-state index >= 15 is 0 Å². The van der Waals surface area contributed by atoms with Crippen LogP contribution in [0.5, 0.6) is 0 Å². The Hall–Kier alpha value is -1.06. The van der Waals surface area contributed by atoms with E-state index in [9.17, 15) is 4.79 Å². The Bertz CT molecular complexity index is 379. The average molecular weight is 228 g/mol. The Morgan fingerprint density at radius 3 is 2.67 bits per heavy atom. The number of carboxylic acid groups (broad SMARTS) is 1. The van der Waals surface area contributed by atoms with E-state index in [1.807, 2.05) is 6.07 Å². The second-order valence-electron chi connectivity index (χ2n) is 3.80. The van der Waals surface area contributed by atoms with Crippen LogP contribution in [-0.4, -0.2) is 17.6 Å². The number of carbonyl (C=O) groups is 1. The summed E-state index contributed by atoms with van der Waals surface area (Å²) in [6, 6.07) is 5.35. The molecule has 0 aromatic heterocycles. The van der Waals surface area contributed by atoms with Gasteiger partial charge in [0.15, 0.2) is 0 Å². The molecule has 1 aliphatic rings. The number of hydrogen-bond donors (Lipinski definition) is 2. The van der Waals surface area contributed by atoms with Gasteiger partial charge in [0, 0.05) is 0 Å². The zero-order valence-corrected chi connectivity index (χ0v) is 9.09. The van der Waals surface area contributed by atoms with Crippen molar-refractivity contribution in [2.24, 2.45) is 11.7 Å². The van der Waals surface area contributed by atoms with Gasteiger partial charge in [-0.2, -0.15) is 0 Å². The van der Waals surface area contributed by atoms with Crippen LogP contribution in [0.2, 0.25) is 0 Å². The molecule has 2 rings (SSSR count). The minimum absolute atomic E-state index is 0. The predicted octanol–water partition coefficient (Wildman–Crippen LogP) is 1.48. The molecule has 82 valence electrons. The first-order valence-corrected chi connectivity index (χ1v) is 4.76. The highest BCUT2D eigenvalue weighted by Gasteiger charge is 2.20. The molecule has 0 spiro atoms. The molecule has 1 aliphatic carbocycles. The van der Waals surface area contributed by atoms with Crippen LogP contribution in [0.3, 0.4) is 0 Å². The van der Waals surface area contributed by atoms with Crippen LogP contribution in [0.15, 0.2) is 18.2 Å². The molecule has 0 amide bonds. The van der Waals surface area contributed by atoms with Gasteiger partial charge in [0.1, 0.15) is 0 Å². The minimum atomic E-state index is -0.857. The first kappa shape index (κ1) is 12.0. The molecule has 1 aromatic carbocycles. The zero-order valence-electron chi connectivity index (χ0n) is 8.27. The Kier molecular flexibility index (Phi) is 3.72. The highest BCUT2D eigenvalue weighted by Crippen LogP contribution is 2.26. The molecular weight excluding hydrogens is 214 g/mol. The van der Waals surface area contributed by atoms with Crippen molar-refractivity contribution in [2.45, 2.75) is 12.8 Å². The van der Waals surface area contributed by atoms with Gasteiger partial charge < -0.3 is 10.8 Å². The highest BCUT2D eigenvalue weighted by molar-refractivity contribution is 5.88. The van der Waals surface area contributed by atoms with Crippen LogP contribution in [0, 0.1) is 5.92 Å². The molecule has 4 heteroatoms. The molecule has 3 nitrogen and oxygen atoms in total. The molecule has 1 unspecified atom stereocenters. The summed E-state index contributed by atoms with van der Waals surface area (Å²) in [5.41, 5.74) is 8.38. The smallest absolute Gasteiger partial charge is 0.335 e. The lowest BCUT2D eigenvalue weighted by atomic mass is 10.1. The largest absolute Gasteiger partial charge is 0.478 e. The van der Waals surface area contributed by atoms with E-state index in [0.29, 0.717) is 18.0 Å². The average Bonchev–Trinajstić information content (AvgIpc) is 2.58. The van der Waals surface area contributed by atoms with Crippen LogP contribution in [0.1, 0.15) is 21.5 Å². The number of fused-ring (bicyclic) bond motifs is 1. The summed E-state index contributed by atoms with van der Waals surface area (Å²) in [7, 11) is 0. The number of aromatic carboxylic acids is 1. The molecule has 0 radical (unpaired) electrons. The maximum absolute atomic E-state index is 10.7. The molecule has 1 aromatic rings. The number of benzene rings is 1. The van der Waals surface area contributed by atoms with Crippen molar-refractivity contribution in [3.63, 3.8) is 0 Å². The van der Waals surface area contributed by atoms with E-state index in [-0.39, 0.29) is 12.4 Å². The fourth-order valence-electron chi connectivity index (χ4n) is 2.01. The third-order valence-electron chi connectivity index (χ3n) is 2.80. The summed E-state index contributed by atoms with van der Waals surface area (Å²) in [6.07, 6.45) is 1.92. The van der Waals surface area contributed by atoms with Crippen molar-refractivity contribution in [3.8, 4) is 0 Å². The Labute approximate surface area is 94.7 Å². The lowest BCUT2D eigenvalue weighted by molar-refractivity contribution is 0.0697. The zero-order chi connectivity index (χ0) is 10.1. The lowest BCUT2D eigenvalue weighted by Crippen LogP contribution is -2.13. The van der Waals surface area contributed by atoms with E-state index in [4.69, 9.17) is 10.8 Å². The second-order valence-corrected chi connectivity index (χ2v) is 3.80. The summed E-state index contributed by atoms with van der Waals surface area (Å²) in [5.74, 6) is -0.363. The van der Waals surface area contributed by atoms with Crippen LogP contribution in [0.25, 0.3) is 0 Å². The van der Waals surface area contributed by atoms with Gasteiger partial charge in [-0.25, -0.2) is 4.79 Å². The Balaban J connectivity index is 0.00000112. The summed E-state index contributed by atoms with van der Waals surface area (Å²) < 4.78 is 0. The third-order valence-corrected chi connectivity index (χ3v) is 2.80. The van der Waals surface area contributed by atoms with E-state index in [1.165, 1.54) is 5.56 Å². The fraction of sp³-hybridized carbons (Fsp3) is 0.364. The molecule has 0 aliphatic heterocycles. The van der Waals surface area contributed by atoms with Gasteiger partial charge in [-0.1, -0.05) is 6.07 Å². The molecule has 1 atom stereocenters. The Morgan fingerprint density at radius 2 is 2.07 bits per heavy atom. The van der Waals surface area contributed by atoms with E-state index in [2.05, 4.69) is 0 Å². The maximum Gasteiger partial charge on any atom is 0.335 e. The predicted molar refractivity (Wildman–Crippen MR) is 60.6 cm³/mol. The molecule has 0 fully saturated rings. The molecule has 0 saturated heterocycles. The van der Waals surface area contributed by atoms with E-state index < -0.39 is 5.97 Å². The van der Waals surface area contributed by atoms with Gasteiger partial charge in [0.2, 0.25) is 0 Å². The number of hydrogen-bond acceptors (Lipinski definition) is 2. The molecule has 0 heterocycles. The van der Waals surface area contributed by atoms with Crippen LogP contribution in [-0.2, 0) is 12.8 Å². The van der Waals surface area contributed by atoms with Gasteiger partial charge >= 0.3 is 5.97 Å². The van der Waals surface area contributed by atoms with Gasteiger partial charge in [0.05, 0.1) is 5.56 Å². The topological polar surface area (TPSA) is 63.3 Å². The van der Waals surface area contributed by atoms with Gasteiger partial charge in [-0.05, 0) is 48.6 Å². The van der Waals surface area contributed by atoms with Crippen molar-refractivity contribution in [3.05, 3.63) is 34.9 Å². The monoisotopic (exact) mass is 227 g/mol. The van der Waals surface area contributed by atoms with Gasteiger partial charge in [-0.15, -0.1) is 12.4 Å². The van der Waals surface area contributed by atoms with Crippen molar-refractivity contribution in [2.75, 3.05) is 6.54 Å². The maximum atomic E-state index is 10.7.